The minimum Gasteiger partial charge on any atom is -0.484 e. The quantitative estimate of drug-likeness (QED) is 0.413. The summed E-state index contributed by atoms with van der Waals surface area (Å²) < 4.78 is 5.76. The molecular weight excluding hydrogens is 459 g/mol. The molecule has 7 heteroatoms. The third kappa shape index (κ3) is 8.24. The Labute approximate surface area is 207 Å². The first-order valence-corrected chi connectivity index (χ1v) is 12.0. The Balaban J connectivity index is 2.14. The van der Waals surface area contributed by atoms with Crippen LogP contribution in [0.5, 0.6) is 5.75 Å². The van der Waals surface area contributed by atoms with E-state index in [2.05, 4.69) is 33.0 Å². The summed E-state index contributed by atoms with van der Waals surface area (Å²) in [6.45, 7) is 10.8. The van der Waals surface area contributed by atoms with Crippen LogP contribution in [0, 0.1) is 0 Å². The maximum atomic E-state index is 13.1. The molecule has 0 bridgehead atoms. The van der Waals surface area contributed by atoms with Gasteiger partial charge in [-0.2, -0.15) is 0 Å². The van der Waals surface area contributed by atoms with Crippen LogP contribution in [-0.2, 0) is 21.5 Å². The summed E-state index contributed by atoms with van der Waals surface area (Å²) in [4.78, 5) is 27.3. The van der Waals surface area contributed by atoms with E-state index in [0.717, 1.165) is 18.4 Å². The van der Waals surface area contributed by atoms with Crippen LogP contribution in [0.1, 0.15) is 58.6 Å². The van der Waals surface area contributed by atoms with E-state index in [4.69, 9.17) is 27.9 Å². The first-order valence-electron chi connectivity index (χ1n) is 11.3. The highest BCUT2D eigenvalue weighted by Crippen LogP contribution is 2.25. The van der Waals surface area contributed by atoms with Crippen LogP contribution >= 0.6 is 23.2 Å². The van der Waals surface area contributed by atoms with Crippen molar-refractivity contribution in [3.8, 4) is 5.75 Å². The molecule has 2 amide bonds. The standard InChI is InChI=1S/C26H34Cl2N2O3/c1-6-7-14-29-25(32)18(2)30(16-19-8-13-22(27)23(28)15-19)24(31)17-33-21-11-9-20(10-12-21)26(3,4)5/h8-13,15,18H,6-7,14,16-17H2,1-5H3,(H,29,32)/t18-/m0/s1. The summed E-state index contributed by atoms with van der Waals surface area (Å²) in [5.74, 6) is 0.108. The van der Waals surface area contributed by atoms with Crippen LogP contribution in [-0.4, -0.2) is 35.9 Å². The Morgan fingerprint density at radius 2 is 1.73 bits per heavy atom. The molecule has 0 saturated heterocycles. The van der Waals surface area contributed by atoms with Crippen LogP contribution in [0.25, 0.3) is 0 Å². The number of halogens is 2. The third-order valence-electron chi connectivity index (χ3n) is 5.42. The molecule has 0 fully saturated rings. The van der Waals surface area contributed by atoms with Crippen molar-refractivity contribution >= 4 is 35.0 Å². The predicted molar refractivity (Wildman–Crippen MR) is 135 cm³/mol. The summed E-state index contributed by atoms with van der Waals surface area (Å²) in [6.07, 6.45) is 1.86. The molecule has 2 aromatic rings. The predicted octanol–water partition coefficient (Wildman–Crippen LogP) is 6.00. The van der Waals surface area contributed by atoms with Crippen molar-refractivity contribution in [3.05, 3.63) is 63.6 Å². The molecule has 0 spiro atoms. The highest BCUT2D eigenvalue weighted by molar-refractivity contribution is 6.42. The van der Waals surface area contributed by atoms with Crippen molar-refractivity contribution in [2.45, 2.75) is 65.5 Å². The van der Waals surface area contributed by atoms with Crippen molar-refractivity contribution < 1.29 is 14.3 Å². The van der Waals surface area contributed by atoms with Crippen molar-refractivity contribution in [3.63, 3.8) is 0 Å². The molecule has 5 nitrogen and oxygen atoms in total. The lowest BCUT2D eigenvalue weighted by Gasteiger charge is -2.29. The molecule has 0 aromatic heterocycles. The fourth-order valence-corrected chi connectivity index (χ4v) is 3.55. The van der Waals surface area contributed by atoms with Crippen LogP contribution in [0.3, 0.4) is 0 Å². The third-order valence-corrected chi connectivity index (χ3v) is 6.16. The molecule has 2 aromatic carbocycles. The van der Waals surface area contributed by atoms with Gasteiger partial charge in [0.2, 0.25) is 5.91 Å². The SMILES string of the molecule is CCCCNC(=O)[C@H](C)N(Cc1ccc(Cl)c(Cl)c1)C(=O)COc1ccc(C(C)(C)C)cc1. The Kier molecular flexibility index (Phi) is 10.1. The first-order chi connectivity index (χ1) is 15.5. The van der Waals surface area contributed by atoms with E-state index >= 15 is 0 Å². The van der Waals surface area contributed by atoms with Gasteiger partial charge in [-0.25, -0.2) is 0 Å². The topological polar surface area (TPSA) is 58.6 Å². The number of ether oxygens (including phenoxy) is 1. The van der Waals surface area contributed by atoms with Gasteiger partial charge in [-0.3, -0.25) is 9.59 Å². The number of hydrogen-bond acceptors (Lipinski definition) is 3. The molecule has 1 atom stereocenters. The number of nitrogens with zero attached hydrogens (tertiary/aromatic N) is 1. The Morgan fingerprint density at radius 3 is 2.30 bits per heavy atom. The number of unbranched alkanes of at least 4 members (excludes halogenated alkanes) is 1. The monoisotopic (exact) mass is 492 g/mol. The molecule has 0 saturated carbocycles. The first kappa shape index (κ1) is 27.0. The number of benzene rings is 2. The fourth-order valence-electron chi connectivity index (χ4n) is 3.23. The summed E-state index contributed by atoms with van der Waals surface area (Å²) in [7, 11) is 0. The zero-order chi connectivity index (χ0) is 24.6. The summed E-state index contributed by atoms with van der Waals surface area (Å²) in [5, 5.41) is 3.73. The second kappa shape index (κ2) is 12.3. The van der Waals surface area contributed by atoms with Gasteiger partial charge in [-0.1, -0.05) is 75.5 Å². The van der Waals surface area contributed by atoms with Gasteiger partial charge in [0.25, 0.3) is 5.91 Å². The Morgan fingerprint density at radius 1 is 1.06 bits per heavy atom. The van der Waals surface area contributed by atoms with E-state index in [0.29, 0.717) is 22.3 Å². The van der Waals surface area contributed by atoms with E-state index in [-0.39, 0.29) is 30.4 Å². The van der Waals surface area contributed by atoms with E-state index < -0.39 is 6.04 Å². The molecule has 1 N–H and O–H groups in total. The van der Waals surface area contributed by atoms with Gasteiger partial charge in [0, 0.05) is 13.1 Å². The van der Waals surface area contributed by atoms with Gasteiger partial charge in [-0.05, 0) is 54.2 Å². The highest BCUT2D eigenvalue weighted by Gasteiger charge is 2.26. The average Bonchev–Trinajstić information content (AvgIpc) is 2.77. The summed E-state index contributed by atoms with van der Waals surface area (Å²) in [6, 6.07) is 12.2. The number of amides is 2. The number of nitrogens with one attached hydrogen (secondary N) is 1. The minimum absolute atomic E-state index is 0.0333. The molecule has 0 aliphatic carbocycles. The molecule has 33 heavy (non-hydrogen) atoms. The van der Waals surface area contributed by atoms with Gasteiger partial charge in [0.1, 0.15) is 11.8 Å². The van der Waals surface area contributed by atoms with Gasteiger partial charge in [0.15, 0.2) is 6.61 Å². The van der Waals surface area contributed by atoms with Crippen LogP contribution in [0.4, 0.5) is 0 Å². The van der Waals surface area contributed by atoms with E-state index in [1.54, 1.807) is 25.1 Å². The number of carbonyl (C=O) groups is 2. The van der Waals surface area contributed by atoms with Gasteiger partial charge in [-0.15, -0.1) is 0 Å². The lowest BCUT2D eigenvalue weighted by Crippen LogP contribution is -2.49. The zero-order valence-electron chi connectivity index (χ0n) is 20.1. The molecule has 0 aliphatic rings. The van der Waals surface area contributed by atoms with E-state index in [1.807, 2.05) is 24.3 Å². The average molecular weight is 493 g/mol. The second-order valence-electron chi connectivity index (χ2n) is 9.15. The molecule has 180 valence electrons. The van der Waals surface area contributed by atoms with Crippen molar-refractivity contribution in [2.24, 2.45) is 0 Å². The minimum atomic E-state index is -0.671. The number of carbonyl (C=O) groups excluding carboxylic acids is 2. The van der Waals surface area contributed by atoms with E-state index in [9.17, 15) is 9.59 Å². The Bertz CT molecular complexity index is 940. The lowest BCUT2D eigenvalue weighted by atomic mass is 9.87. The number of hydrogen-bond donors (Lipinski definition) is 1. The van der Waals surface area contributed by atoms with Crippen LogP contribution < -0.4 is 10.1 Å². The van der Waals surface area contributed by atoms with Crippen molar-refractivity contribution in [1.29, 1.82) is 0 Å². The molecular formula is C26H34Cl2N2O3. The maximum absolute atomic E-state index is 13.1. The fraction of sp³-hybridized carbons (Fsp3) is 0.462. The van der Waals surface area contributed by atoms with Crippen molar-refractivity contribution in [2.75, 3.05) is 13.2 Å². The summed E-state index contributed by atoms with van der Waals surface area (Å²) >= 11 is 12.2. The van der Waals surface area contributed by atoms with Crippen LogP contribution in [0.2, 0.25) is 10.0 Å². The molecule has 0 radical (unpaired) electrons. The van der Waals surface area contributed by atoms with E-state index in [1.165, 1.54) is 10.5 Å². The van der Waals surface area contributed by atoms with Gasteiger partial charge >= 0.3 is 0 Å². The largest absolute Gasteiger partial charge is 0.484 e. The molecule has 0 aliphatic heterocycles. The molecule has 0 unspecified atom stereocenters. The van der Waals surface area contributed by atoms with Crippen LogP contribution in [0.15, 0.2) is 42.5 Å². The highest BCUT2D eigenvalue weighted by atomic mass is 35.5. The Hall–Kier alpha value is -2.24. The second-order valence-corrected chi connectivity index (χ2v) is 9.97. The smallest absolute Gasteiger partial charge is 0.261 e. The maximum Gasteiger partial charge on any atom is 0.261 e. The van der Waals surface area contributed by atoms with Gasteiger partial charge < -0.3 is 15.0 Å². The molecule has 0 heterocycles. The molecule has 2 rings (SSSR count). The van der Waals surface area contributed by atoms with Crippen molar-refractivity contribution in [1.82, 2.24) is 10.2 Å². The van der Waals surface area contributed by atoms with Gasteiger partial charge in [0.05, 0.1) is 10.0 Å². The lowest BCUT2D eigenvalue weighted by molar-refractivity contribution is -0.142. The summed E-state index contributed by atoms with van der Waals surface area (Å²) in [5.41, 5.74) is 1.99. The normalized spacial score (nSPS) is 12.2. The zero-order valence-corrected chi connectivity index (χ0v) is 21.6. The number of rotatable bonds is 10.